The Hall–Kier alpha value is -3.23. The Morgan fingerprint density at radius 1 is 1.18 bits per heavy atom. The first-order valence-electron chi connectivity index (χ1n) is 9.12. The van der Waals surface area contributed by atoms with Crippen molar-refractivity contribution >= 4 is 17.8 Å². The van der Waals surface area contributed by atoms with Gasteiger partial charge in [-0.1, -0.05) is 23.4 Å². The predicted octanol–water partition coefficient (Wildman–Crippen LogP) is 0.971. The van der Waals surface area contributed by atoms with Gasteiger partial charge in [0.05, 0.1) is 23.8 Å². The SMILES string of the molecule is Cc1c(C(=O)N(C)CC(=O)N2CCC(C(=O)O)CC2)nnn1-c1ccccc1. The van der Waals surface area contributed by atoms with Gasteiger partial charge < -0.3 is 14.9 Å². The molecule has 0 bridgehead atoms. The lowest BCUT2D eigenvalue weighted by molar-refractivity contribution is -0.145. The van der Waals surface area contributed by atoms with E-state index >= 15 is 0 Å². The topological polar surface area (TPSA) is 109 Å². The second-order valence-electron chi connectivity index (χ2n) is 6.93. The Morgan fingerprint density at radius 2 is 1.82 bits per heavy atom. The summed E-state index contributed by atoms with van der Waals surface area (Å²) in [7, 11) is 1.55. The summed E-state index contributed by atoms with van der Waals surface area (Å²) in [5.41, 5.74) is 1.59. The second kappa shape index (κ2) is 8.20. The smallest absolute Gasteiger partial charge is 0.306 e. The highest BCUT2D eigenvalue weighted by atomic mass is 16.4. The zero-order valence-corrected chi connectivity index (χ0v) is 15.9. The van der Waals surface area contributed by atoms with Crippen molar-refractivity contribution in [2.75, 3.05) is 26.7 Å². The van der Waals surface area contributed by atoms with E-state index in [1.807, 2.05) is 30.3 Å². The van der Waals surface area contributed by atoms with E-state index in [9.17, 15) is 14.4 Å². The second-order valence-corrected chi connectivity index (χ2v) is 6.93. The Bertz CT molecular complexity index is 872. The first-order chi connectivity index (χ1) is 13.4. The molecule has 2 heterocycles. The van der Waals surface area contributed by atoms with E-state index in [2.05, 4.69) is 10.3 Å². The van der Waals surface area contributed by atoms with Gasteiger partial charge in [-0.05, 0) is 31.9 Å². The van der Waals surface area contributed by atoms with Crippen LogP contribution in [0.15, 0.2) is 30.3 Å². The van der Waals surface area contributed by atoms with E-state index < -0.39 is 11.9 Å². The maximum Gasteiger partial charge on any atom is 0.306 e. The summed E-state index contributed by atoms with van der Waals surface area (Å²) in [5, 5.41) is 17.1. The molecule has 1 aromatic heterocycles. The number of aromatic nitrogens is 3. The molecule has 1 N–H and O–H groups in total. The molecule has 1 aliphatic heterocycles. The molecule has 0 unspecified atom stereocenters. The van der Waals surface area contributed by atoms with Crippen LogP contribution in [0.4, 0.5) is 0 Å². The number of benzene rings is 1. The lowest BCUT2D eigenvalue weighted by Crippen LogP contribution is -2.45. The van der Waals surface area contributed by atoms with Crippen molar-refractivity contribution in [3.05, 3.63) is 41.7 Å². The first kappa shape index (κ1) is 19.5. The number of aliphatic carboxylic acids is 1. The van der Waals surface area contributed by atoms with Crippen molar-refractivity contribution in [1.82, 2.24) is 24.8 Å². The highest BCUT2D eigenvalue weighted by molar-refractivity contribution is 5.95. The third kappa shape index (κ3) is 4.03. The third-order valence-corrected chi connectivity index (χ3v) is 5.01. The van der Waals surface area contributed by atoms with E-state index in [1.165, 1.54) is 4.90 Å². The van der Waals surface area contributed by atoms with Crippen molar-refractivity contribution in [2.45, 2.75) is 19.8 Å². The van der Waals surface area contributed by atoms with Gasteiger partial charge in [0.25, 0.3) is 5.91 Å². The number of carbonyl (C=O) groups is 3. The van der Waals surface area contributed by atoms with E-state index in [0.717, 1.165) is 5.69 Å². The van der Waals surface area contributed by atoms with Gasteiger partial charge in [0.15, 0.2) is 5.69 Å². The summed E-state index contributed by atoms with van der Waals surface area (Å²) in [5.74, 6) is -1.81. The number of hydrogen-bond donors (Lipinski definition) is 1. The minimum Gasteiger partial charge on any atom is -0.481 e. The van der Waals surface area contributed by atoms with E-state index in [0.29, 0.717) is 31.6 Å². The minimum atomic E-state index is -0.823. The fourth-order valence-electron chi connectivity index (χ4n) is 3.27. The molecule has 1 saturated heterocycles. The molecule has 148 valence electrons. The minimum absolute atomic E-state index is 0.0891. The number of rotatable bonds is 5. The fourth-order valence-corrected chi connectivity index (χ4v) is 3.27. The zero-order valence-electron chi connectivity index (χ0n) is 15.9. The Balaban J connectivity index is 1.63. The molecule has 1 aliphatic rings. The lowest BCUT2D eigenvalue weighted by atomic mass is 9.97. The number of carboxylic acids is 1. The van der Waals surface area contributed by atoms with Gasteiger partial charge in [-0.15, -0.1) is 5.10 Å². The first-order valence-corrected chi connectivity index (χ1v) is 9.12. The molecular formula is C19H23N5O4. The van der Waals surface area contributed by atoms with Crippen LogP contribution in [0.1, 0.15) is 29.0 Å². The van der Waals surface area contributed by atoms with Crippen LogP contribution in [-0.2, 0) is 9.59 Å². The van der Waals surface area contributed by atoms with Crippen LogP contribution in [0.3, 0.4) is 0 Å². The Kier molecular flexibility index (Phi) is 5.72. The molecule has 1 aromatic carbocycles. The number of amides is 2. The number of carboxylic acid groups (broad SMARTS) is 1. The largest absolute Gasteiger partial charge is 0.481 e. The quantitative estimate of drug-likeness (QED) is 0.822. The summed E-state index contributed by atoms with van der Waals surface area (Å²) in [6.07, 6.45) is 0.868. The molecule has 28 heavy (non-hydrogen) atoms. The van der Waals surface area contributed by atoms with Crippen molar-refractivity contribution in [2.24, 2.45) is 5.92 Å². The van der Waals surface area contributed by atoms with Crippen molar-refractivity contribution in [3.8, 4) is 5.69 Å². The molecule has 1 fully saturated rings. The molecule has 0 spiro atoms. The number of hydrogen-bond acceptors (Lipinski definition) is 5. The number of para-hydroxylation sites is 1. The number of piperidine rings is 1. The van der Waals surface area contributed by atoms with Crippen molar-refractivity contribution < 1.29 is 19.5 Å². The normalized spacial score (nSPS) is 14.7. The van der Waals surface area contributed by atoms with Gasteiger partial charge in [0.1, 0.15) is 0 Å². The Morgan fingerprint density at radius 3 is 2.43 bits per heavy atom. The van der Waals surface area contributed by atoms with Crippen LogP contribution >= 0.6 is 0 Å². The van der Waals surface area contributed by atoms with E-state index in [1.54, 1.807) is 23.6 Å². The number of carbonyl (C=O) groups excluding carboxylic acids is 2. The van der Waals surface area contributed by atoms with Gasteiger partial charge >= 0.3 is 5.97 Å². The van der Waals surface area contributed by atoms with E-state index in [-0.39, 0.29) is 24.1 Å². The van der Waals surface area contributed by atoms with Crippen LogP contribution in [0.5, 0.6) is 0 Å². The number of likely N-dealkylation sites (tertiary alicyclic amines) is 1. The molecule has 2 aromatic rings. The summed E-state index contributed by atoms with van der Waals surface area (Å²) >= 11 is 0. The molecule has 0 saturated carbocycles. The van der Waals surface area contributed by atoms with Crippen LogP contribution in [0.2, 0.25) is 0 Å². The van der Waals surface area contributed by atoms with Gasteiger partial charge in [0.2, 0.25) is 5.91 Å². The standard InChI is InChI=1S/C19H23N5O4/c1-13-17(20-21-24(13)15-6-4-3-5-7-15)18(26)22(2)12-16(25)23-10-8-14(9-11-23)19(27)28/h3-7,14H,8-12H2,1-2H3,(H,27,28). The van der Waals surface area contributed by atoms with Gasteiger partial charge in [-0.2, -0.15) is 0 Å². The molecule has 9 nitrogen and oxygen atoms in total. The average molecular weight is 385 g/mol. The van der Waals surface area contributed by atoms with E-state index in [4.69, 9.17) is 5.11 Å². The highest BCUT2D eigenvalue weighted by Crippen LogP contribution is 2.18. The van der Waals surface area contributed by atoms with Gasteiger partial charge in [0, 0.05) is 20.1 Å². The monoisotopic (exact) mass is 385 g/mol. The van der Waals surface area contributed by atoms with Gasteiger partial charge in [-0.3, -0.25) is 14.4 Å². The molecular weight excluding hydrogens is 362 g/mol. The molecule has 3 rings (SSSR count). The summed E-state index contributed by atoms with van der Waals surface area (Å²) in [6.45, 7) is 2.45. The third-order valence-electron chi connectivity index (χ3n) is 5.01. The predicted molar refractivity (Wildman–Crippen MR) is 100.0 cm³/mol. The highest BCUT2D eigenvalue weighted by Gasteiger charge is 2.29. The fraction of sp³-hybridized carbons (Fsp3) is 0.421. The number of likely N-dealkylation sites (N-methyl/N-ethyl adjacent to an activating group) is 1. The molecule has 0 radical (unpaired) electrons. The molecule has 0 aliphatic carbocycles. The zero-order chi connectivity index (χ0) is 20.3. The number of nitrogens with zero attached hydrogens (tertiary/aromatic N) is 5. The van der Waals surface area contributed by atoms with Gasteiger partial charge in [-0.25, -0.2) is 4.68 Å². The summed E-state index contributed by atoms with van der Waals surface area (Å²) in [6, 6.07) is 9.36. The van der Waals surface area contributed by atoms with Crippen LogP contribution in [-0.4, -0.2) is 74.4 Å². The average Bonchev–Trinajstić information content (AvgIpc) is 3.09. The Labute approximate surface area is 162 Å². The van der Waals surface area contributed by atoms with Crippen molar-refractivity contribution in [1.29, 1.82) is 0 Å². The maximum absolute atomic E-state index is 12.7. The molecule has 9 heteroatoms. The van der Waals surface area contributed by atoms with Crippen LogP contribution < -0.4 is 0 Å². The summed E-state index contributed by atoms with van der Waals surface area (Å²) < 4.78 is 1.58. The molecule has 2 amide bonds. The lowest BCUT2D eigenvalue weighted by Gasteiger charge is -2.31. The van der Waals surface area contributed by atoms with Crippen LogP contribution in [0, 0.1) is 12.8 Å². The maximum atomic E-state index is 12.7. The molecule has 0 atom stereocenters. The summed E-state index contributed by atoms with van der Waals surface area (Å²) in [4.78, 5) is 39.2. The van der Waals surface area contributed by atoms with Crippen molar-refractivity contribution in [3.63, 3.8) is 0 Å². The van der Waals surface area contributed by atoms with Crippen LogP contribution in [0.25, 0.3) is 5.69 Å².